The summed E-state index contributed by atoms with van der Waals surface area (Å²) in [7, 11) is 0. The third-order valence-corrected chi connectivity index (χ3v) is 3.79. The molecule has 0 bridgehead atoms. The molecular weight excluding hydrogens is 286 g/mol. The molecule has 0 fully saturated rings. The normalized spacial score (nSPS) is 14.1. The lowest BCUT2D eigenvalue weighted by Crippen LogP contribution is -2.20. The lowest BCUT2D eigenvalue weighted by Gasteiger charge is -2.23. The smallest absolute Gasteiger partial charge is 0.191 e. The molecule has 0 saturated carbocycles. The fraction of sp³-hybridized carbons (Fsp3) is 0.286. The third kappa shape index (κ3) is 2.88. The van der Waals surface area contributed by atoms with Crippen molar-refractivity contribution in [3.8, 4) is 5.75 Å². The van der Waals surface area contributed by atoms with Gasteiger partial charge in [0.1, 0.15) is 17.4 Å². The molecule has 7 heteroatoms. The third-order valence-electron chi connectivity index (χ3n) is 3.24. The summed E-state index contributed by atoms with van der Waals surface area (Å²) >= 11 is 1.49. The van der Waals surface area contributed by atoms with E-state index >= 15 is 0 Å². The molecular formula is C14H17N5OS. The number of thioether (sulfide) groups is 1. The standard InChI is InChI=1S/C14H17N5OS/c1-21-14-16-12(18-15)9-13(17-14)19-7-4-8-20-11-6-3-2-5-10(11)19/h2-3,5-6,9H,4,7-8,15H2,1H3,(H,16,17,18). The Morgan fingerprint density at radius 3 is 3.00 bits per heavy atom. The van der Waals surface area contributed by atoms with Gasteiger partial charge in [0.2, 0.25) is 0 Å². The topological polar surface area (TPSA) is 76.3 Å². The molecule has 3 rings (SSSR count). The first-order valence-electron chi connectivity index (χ1n) is 6.71. The molecule has 0 atom stereocenters. The van der Waals surface area contributed by atoms with E-state index in [0.29, 0.717) is 17.6 Å². The first-order chi connectivity index (χ1) is 10.3. The summed E-state index contributed by atoms with van der Waals surface area (Å²) < 4.78 is 5.78. The molecule has 1 aromatic heterocycles. The van der Waals surface area contributed by atoms with Gasteiger partial charge in [-0.3, -0.25) is 0 Å². The molecule has 0 unspecified atom stereocenters. The monoisotopic (exact) mass is 303 g/mol. The highest BCUT2D eigenvalue weighted by atomic mass is 32.2. The average Bonchev–Trinajstić information content (AvgIpc) is 2.76. The Kier molecular flexibility index (Phi) is 4.12. The van der Waals surface area contributed by atoms with Gasteiger partial charge in [0.25, 0.3) is 0 Å². The first kappa shape index (κ1) is 14.0. The number of rotatable bonds is 3. The molecule has 0 aliphatic carbocycles. The zero-order valence-electron chi connectivity index (χ0n) is 11.7. The Hall–Kier alpha value is -1.99. The maximum absolute atomic E-state index is 5.78. The van der Waals surface area contributed by atoms with Crippen LogP contribution < -0.4 is 20.9 Å². The van der Waals surface area contributed by atoms with E-state index in [2.05, 4.69) is 20.3 Å². The Labute approximate surface area is 127 Å². The van der Waals surface area contributed by atoms with Crippen LogP contribution in [0.5, 0.6) is 5.75 Å². The Balaban J connectivity index is 2.07. The lowest BCUT2D eigenvalue weighted by atomic mass is 10.2. The minimum Gasteiger partial charge on any atom is -0.491 e. The second-order valence-electron chi connectivity index (χ2n) is 4.56. The minimum atomic E-state index is 0.604. The molecule has 1 aromatic carbocycles. The lowest BCUT2D eigenvalue weighted by molar-refractivity contribution is 0.322. The molecule has 0 radical (unpaired) electrons. The number of benzene rings is 1. The summed E-state index contributed by atoms with van der Waals surface area (Å²) in [6.45, 7) is 1.54. The minimum absolute atomic E-state index is 0.604. The van der Waals surface area contributed by atoms with E-state index in [9.17, 15) is 0 Å². The largest absolute Gasteiger partial charge is 0.491 e. The number of para-hydroxylation sites is 2. The highest BCUT2D eigenvalue weighted by Crippen LogP contribution is 2.35. The number of ether oxygens (including phenoxy) is 1. The molecule has 6 nitrogen and oxygen atoms in total. The van der Waals surface area contributed by atoms with Crippen LogP contribution in [0, 0.1) is 0 Å². The van der Waals surface area contributed by atoms with Gasteiger partial charge in [-0.05, 0) is 24.8 Å². The van der Waals surface area contributed by atoms with Crippen LogP contribution in [0.3, 0.4) is 0 Å². The number of anilines is 3. The number of hydrogen-bond donors (Lipinski definition) is 2. The fourth-order valence-corrected chi connectivity index (χ4v) is 2.66. The molecule has 2 aromatic rings. The van der Waals surface area contributed by atoms with Crippen LogP contribution >= 0.6 is 11.8 Å². The van der Waals surface area contributed by atoms with Crippen molar-refractivity contribution < 1.29 is 4.74 Å². The van der Waals surface area contributed by atoms with Crippen LogP contribution in [0.2, 0.25) is 0 Å². The van der Waals surface area contributed by atoms with Gasteiger partial charge >= 0.3 is 0 Å². The first-order valence-corrected chi connectivity index (χ1v) is 7.93. The Bertz CT molecular complexity index is 614. The van der Waals surface area contributed by atoms with E-state index < -0.39 is 0 Å². The summed E-state index contributed by atoms with van der Waals surface area (Å²) in [4.78, 5) is 11.0. The van der Waals surface area contributed by atoms with Crippen molar-refractivity contribution in [3.63, 3.8) is 0 Å². The Morgan fingerprint density at radius 2 is 2.19 bits per heavy atom. The molecule has 1 aliphatic heterocycles. The maximum atomic E-state index is 5.78. The van der Waals surface area contributed by atoms with Gasteiger partial charge < -0.3 is 15.1 Å². The van der Waals surface area contributed by atoms with E-state index in [-0.39, 0.29) is 0 Å². The van der Waals surface area contributed by atoms with E-state index in [0.717, 1.165) is 30.2 Å². The van der Waals surface area contributed by atoms with Gasteiger partial charge in [0.15, 0.2) is 5.16 Å². The number of nitrogen functional groups attached to an aromatic ring is 1. The van der Waals surface area contributed by atoms with Gasteiger partial charge in [0.05, 0.1) is 12.3 Å². The van der Waals surface area contributed by atoms with Crippen LogP contribution in [0.15, 0.2) is 35.5 Å². The number of nitrogens with two attached hydrogens (primary N) is 1. The molecule has 110 valence electrons. The van der Waals surface area contributed by atoms with Crippen molar-refractivity contribution in [1.29, 1.82) is 0 Å². The summed E-state index contributed by atoms with van der Waals surface area (Å²) in [6, 6.07) is 9.84. The van der Waals surface area contributed by atoms with Crippen LogP contribution in [0.25, 0.3) is 0 Å². The van der Waals surface area contributed by atoms with Gasteiger partial charge in [0, 0.05) is 12.6 Å². The molecule has 2 heterocycles. The van der Waals surface area contributed by atoms with Crippen molar-refractivity contribution in [2.45, 2.75) is 11.6 Å². The van der Waals surface area contributed by atoms with E-state index in [1.165, 1.54) is 11.8 Å². The van der Waals surface area contributed by atoms with Crippen molar-refractivity contribution in [2.24, 2.45) is 5.84 Å². The molecule has 0 spiro atoms. The predicted octanol–water partition coefficient (Wildman–Crippen LogP) is 2.40. The summed E-state index contributed by atoms with van der Waals surface area (Å²) in [6.07, 6.45) is 2.87. The summed E-state index contributed by atoms with van der Waals surface area (Å²) in [5.74, 6) is 7.80. The number of fused-ring (bicyclic) bond motifs is 1. The Morgan fingerprint density at radius 1 is 1.33 bits per heavy atom. The number of aromatic nitrogens is 2. The zero-order chi connectivity index (χ0) is 14.7. The van der Waals surface area contributed by atoms with Crippen LogP contribution in [-0.4, -0.2) is 29.4 Å². The van der Waals surface area contributed by atoms with Gasteiger partial charge in [-0.2, -0.15) is 0 Å². The van der Waals surface area contributed by atoms with Crippen molar-refractivity contribution in [1.82, 2.24) is 9.97 Å². The van der Waals surface area contributed by atoms with Crippen LogP contribution in [-0.2, 0) is 0 Å². The van der Waals surface area contributed by atoms with E-state index in [4.69, 9.17) is 10.6 Å². The van der Waals surface area contributed by atoms with Gasteiger partial charge in [-0.25, -0.2) is 15.8 Å². The van der Waals surface area contributed by atoms with Crippen LogP contribution in [0.4, 0.5) is 17.3 Å². The summed E-state index contributed by atoms with van der Waals surface area (Å²) in [5.41, 5.74) is 3.62. The second-order valence-corrected chi connectivity index (χ2v) is 5.34. The summed E-state index contributed by atoms with van der Waals surface area (Å²) in [5, 5.41) is 0.683. The number of nitrogens with one attached hydrogen (secondary N) is 1. The fourth-order valence-electron chi connectivity index (χ4n) is 2.28. The average molecular weight is 303 g/mol. The predicted molar refractivity (Wildman–Crippen MR) is 85.2 cm³/mol. The molecule has 0 amide bonds. The second kappa shape index (κ2) is 6.19. The molecule has 1 aliphatic rings. The maximum Gasteiger partial charge on any atom is 0.191 e. The quantitative estimate of drug-likeness (QED) is 0.390. The molecule has 21 heavy (non-hydrogen) atoms. The van der Waals surface area contributed by atoms with Gasteiger partial charge in [-0.15, -0.1) is 0 Å². The van der Waals surface area contributed by atoms with E-state index in [1.807, 2.05) is 36.6 Å². The van der Waals surface area contributed by atoms with Crippen LogP contribution in [0.1, 0.15) is 6.42 Å². The van der Waals surface area contributed by atoms with Gasteiger partial charge in [-0.1, -0.05) is 23.9 Å². The van der Waals surface area contributed by atoms with E-state index in [1.54, 1.807) is 0 Å². The zero-order valence-corrected chi connectivity index (χ0v) is 12.6. The highest BCUT2D eigenvalue weighted by Gasteiger charge is 2.19. The highest BCUT2D eigenvalue weighted by molar-refractivity contribution is 7.98. The van der Waals surface area contributed by atoms with Crippen molar-refractivity contribution in [3.05, 3.63) is 30.3 Å². The number of hydrazine groups is 1. The SMILES string of the molecule is CSc1nc(NN)cc(N2CCCOc3ccccc32)n1. The number of nitrogens with zero attached hydrogens (tertiary/aromatic N) is 3. The molecule has 3 N–H and O–H groups in total. The van der Waals surface area contributed by atoms with Crippen molar-refractivity contribution >= 4 is 29.1 Å². The van der Waals surface area contributed by atoms with Crippen molar-refractivity contribution in [2.75, 3.05) is 29.7 Å². The number of hydrogen-bond acceptors (Lipinski definition) is 7. The molecule has 0 saturated heterocycles.